The van der Waals surface area contributed by atoms with Crippen LogP contribution in [0.5, 0.6) is 23.0 Å². The zero-order valence-corrected chi connectivity index (χ0v) is 16.7. The van der Waals surface area contributed by atoms with Crippen LogP contribution in [0, 0.1) is 5.92 Å². The summed E-state index contributed by atoms with van der Waals surface area (Å²) in [7, 11) is 1.72. The van der Waals surface area contributed by atoms with Crippen molar-refractivity contribution in [3.63, 3.8) is 0 Å². The molecule has 3 heterocycles. The monoisotopic (exact) mass is 381 g/mol. The van der Waals surface area contributed by atoms with Gasteiger partial charge in [-0.1, -0.05) is 19.1 Å². The molecular weight excluding hydrogens is 354 g/mol. The van der Waals surface area contributed by atoms with Gasteiger partial charge in [-0.3, -0.25) is 4.90 Å². The molecule has 0 aliphatic carbocycles. The molecule has 0 radical (unpaired) electrons. The molecular formula is C23H27NO4. The molecule has 28 heavy (non-hydrogen) atoms. The lowest BCUT2D eigenvalue weighted by atomic mass is 9.74. The lowest BCUT2D eigenvalue weighted by molar-refractivity contribution is -0.114. The van der Waals surface area contributed by atoms with Gasteiger partial charge < -0.3 is 18.9 Å². The predicted octanol–water partition coefficient (Wildman–Crippen LogP) is 4.40. The van der Waals surface area contributed by atoms with Crippen LogP contribution in [0.3, 0.4) is 0 Å². The molecule has 5 heteroatoms. The maximum Gasteiger partial charge on any atom is 0.231 e. The average Bonchev–Trinajstić information content (AvgIpc) is 3.39. The molecule has 3 atom stereocenters. The van der Waals surface area contributed by atoms with Crippen molar-refractivity contribution >= 4 is 0 Å². The van der Waals surface area contributed by atoms with Crippen molar-refractivity contribution < 1.29 is 18.9 Å². The van der Waals surface area contributed by atoms with Crippen molar-refractivity contribution in [2.45, 2.75) is 38.3 Å². The Morgan fingerprint density at radius 2 is 1.79 bits per heavy atom. The molecule has 2 aromatic rings. The lowest BCUT2D eigenvalue weighted by Gasteiger charge is -2.50. The Kier molecular flexibility index (Phi) is 4.16. The van der Waals surface area contributed by atoms with Gasteiger partial charge in [-0.05, 0) is 43.5 Å². The molecule has 1 saturated heterocycles. The minimum Gasteiger partial charge on any atom is -0.497 e. The highest BCUT2D eigenvalue weighted by atomic mass is 16.7. The van der Waals surface area contributed by atoms with Gasteiger partial charge in [0.2, 0.25) is 6.79 Å². The van der Waals surface area contributed by atoms with E-state index in [9.17, 15) is 0 Å². The van der Waals surface area contributed by atoms with Gasteiger partial charge in [-0.15, -0.1) is 0 Å². The fourth-order valence-electron chi connectivity index (χ4n) is 4.98. The van der Waals surface area contributed by atoms with E-state index in [1.165, 1.54) is 18.4 Å². The Morgan fingerprint density at radius 1 is 1.04 bits per heavy atom. The largest absolute Gasteiger partial charge is 0.497 e. The maximum atomic E-state index is 6.71. The second-order valence-corrected chi connectivity index (χ2v) is 8.14. The second kappa shape index (κ2) is 6.59. The van der Waals surface area contributed by atoms with E-state index in [1.807, 2.05) is 12.1 Å². The van der Waals surface area contributed by atoms with E-state index < -0.39 is 0 Å². The van der Waals surface area contributed by atoms with E-state index in [0.717, 1.165) is 41.7 Å². The van der Waals surface area contributed by atoms with Crippen molar-refractivity contribution in [3.05, 3.63) is 47.5 Å². The van der Waals surface area contributed by atoms with Crippen molar-refractivity contribution in [1.82, 2.24) is 4.90 Å². The fraction of sp³-hybridized carbons (Fsp3) is 0.478. The summed E-state index contributed by atoms with van der Waals surface area (Å²) < 4.78 is 23.5. The van der Waals surface area contributed by atoms with Gasteiger partial charge in [-0.2, -0.15) is 0 Å². The molecule has 5 rings (SSSR count). The summed E-state index contributed by atoms with van der Waals surface area (Å²) in [5, 5.41) is 0. The molecule has 0 aromatic heterocycles. The van der Waals surface area contributed by atoms with Gasteiger partial charge in [-0.25, -0.2) is 0 Å². The minimum absolute atomic E-state index is 0.180. The normalized spacial score (nSPS) is 28.7. The van der Waals surface area contributed by atoms with E-state index in [1.54, 1.807) is 7.11 Å². The highest BCUT2D eigenvalue weighted by Crippen LogP contribution is 2.53. The topological polar surface area (TPSA) is 40.2 Å². The SMILES string of the molecule is COc1cccc([C@H]2c3cc4c(cc3O[C@@](C)(N3CCCC3)[C@H]2C)OCO4)c1. The van der Waals surface area contributed by atoms with E-state index in [0.29, 0.717) is 0 Å². The Morgan fingerprint density at radius 3 is 2.54 bits per heavy atom. The summed E-state index contributed by atoms with van der Waals surface area (Å²) in [6.45, 7) is 6.96. The van der Waals surface area contributed by atoms with Crippen LogP contribution in [0.1, 0.15) is 43.7 Å². The van der Waals surface area contributed by atoms with E-state index in [2.05, 4.69) is 43.0 Å². The van der Waals surface area contributed by atoms with Gasteiger partial charge in [0, 0.05) is 36.6 Å². The molecule has 0 unspecified atom stereocenters. The molecule has 1 fully saturated rings. The molecule has 3 aliphatic rings. The van der Waals surface area contributed by atoms with Crippen molar-refractivity contribution in [2.24, 2.45) is 5.92 Å². The lowest BCUT2D eigenvalue weighted by Crippen LogP contribution is -2.57. The standard InChI is InChI=1S/C23H27NO4/c1-15-22(16-7-6-8-17(11-16)25-3)18-12-20-21(27-14-26-20)13-19(18)28-23(15,2)24-9-4-5-10-24/h6-8,11-13,15,22H,4-5,9-10,14H2,1-3H3/t15-,22-,23+/m0/s1. The molecule has 0 saturated carbocycles. The third kappa shape index (κ3) is 2.64. The Hall–Kier alpha value is -2.40. The highest BCUT2D eigenvalue weighted by Gasteiger charge is 2.49. The number of nitrogens with zero attached hydrogens (tertiary/aromatic N) is 1. The van der Waals surface area contributed by atoms with Gasteiger partial charge >= 0.3 is 0 Å². The van der Waals surface area contributed by atoms with Crippen molar-refractivity contribution in [2.75, 3.05) is 27.0 Å². The minimum atomic E-state index is -0.370. The summed E-state index contributed by atoms with van der Waals surface area (Å²) in [5.41, 5.74) is 2.02. The Balaban J connectivity index is 1.66. The molecule has 0 spiro atoms. The Labute approximate surface area is 166 Å². The van der Waals surface area contributed by atoms with Crippen molar-refractivity contribution in [3.8, 4) is 23.0 Å². The molecule has 0 N–H and O–H groups in total. The van der Waals surface area contributed by atoms with Crippen LogP contribution in [0.4, 0.5) is 0 Å². The van der Waals surface area contributed by atoms with Gasteiger partial charge in [0.05, 0.1) is 7.11 Å². The number of hydrogen-bond acceptors (Lipinski definition) is 5. The maximum absolute atomic E-state index is 6.71. The number of benzene rings is 2. The summed E-state index contributed by atoms with van der Waals surface area (Å²) in [6.07, 6.45) is 2.45. The van der Waals surface area contributed by atoms with E-state index in [4.69, 9.17) is 18.9 Å². The zero-order valence-electron chi connectivity index (χ0n) is 16.7. The average molecular weight is 381 g/mol. The third-order valence-corrected chi connectivity index (χ3v) is 6.69. The Bertz CT molecular complexity index is 892. The zero-order chi connectivity index (χ0) is 19.3. The second-order valence-electron chi connectivity index (χ2n) is 8.14. The quantitative estimate of drug-likeness (QED) is 0.788. The van der Waals surface area contributed by atoms with Crippen LogP contribution < -0.4 is 18.9 Å². The summed E-state index contributed by atoms with van der Waals surface area (Å²) in [6, 6.07) is 12.5. The number of rotatable bonds is 3. The number of hydrogen-bond donors (Lipinski definition) is 0. The highest BCUT2D eigenvalue weighted by molar-refractivity contribution is 5.56. The third-order valence-electron chi connectivity index (χ3n) is 6.69. The van der Waals surface area contributed by atoms with Crippen LogP contribution in [-0.2, 0) is 0 Å². The number of methoxy groups -OCH3 is 1. The smallest absolute Gasteiger partial charge is 0.231 e. The van der Waals surface area contributed by atoms with Gasteiger partial charge in [0.25, 0.3) is 0 Å². The van der Waals surface area contributed by atoms with E-state index in [-0.39, 0.29) is 24.4 Å². The van der Waals surface area contributed by atoms with Crippen LogP contribution >= 0.6 is 0 Å². The van der Waals surface area contributed by atoms with Gasteiger partial charge in [0.15, 0.2) is 17.2 Å². The number of likely N-dealkylation sites (tertiary alicyclic amines) is 1. The predicted molar refractivity (Wildman–Crippen MR) is 106 cm³/mol. The first-order valence-electron chi connectivity index (χ1n) is 10.1. The summed E-state index contributed by atoms with van der Waals surface area (Å²) in [5.74, 6) is 3.77. The molecule has 148 valence electrons. The number of ether oxygens (including phenoxy) is 4. The van der Waals surface area contributed by atoms with Crippen LogP contribution in [-0.4, -0.2) is 37.6 Å². The molecule has 0 amide bonds. The van der Waals surface area contributed by atoms with E-state index >= 15 is 0 Å². The fourth-order valence-corrected chi connectivity index (χ4v) is 4.98. The van der Waals surface area contributed by atoms with Crippen molar-refractivity contribution in [1.29, 1.82) is 0 Å². The first kappa shape index (κ1) is 17.7. The summed E-state index contributed by atoms with van der Waals surface area (Å²) in [4.78, 5) is 2.50. The number of fused-ring (bicyclic) bond motifs is 2. The molecule has 3 aliphatic heterocycles. The van der Waals surface area contributed by atoms with Crippen LogP contribution in [0.25, 0.3) is 0 Å². The molecule has 2 aromatic carbocycles. The van der Waals surface area contributed by atoms with Crippen LogP contribution in [0.15, 0.2) is 36.4 Å². The molecule has 0 bridgehead atoms. The van der Waals surface area contributed by atoms with Crippen LogP contribution in [0.2, 0.25) is 0 Å². The first-order valence-corrected chi connectivity index (χ1v) is 10.1. The van der Waals surface area contributed by atoms with Gasteiger partial charge in [0.1, 0.15) is 11.5 Å². The molecule has 5 nitrogen and oxygen atoms in total. The first-order chi connectivity index (χ1) is 13.6. The summed E-state index contributed by atoms with van der Waals surface area (Å²) >= 11 is 0.